The summed E-state index contributed by atoms with van der Waals surface area (Å²) in [7, 11) is 1.96. The maximum absolute atomic E-state index is 12.5. The number of carbonyl (C=O) groups excluding carboxylic acids is 2. The first-order valence-corrected chi connectivity index (χ1v) is 10.1. The minimum Gasteiger partial charge on any atom is -0.444 e. The predicted octanol–water partition coefficient (Wildman–Crippen LogP) is 2.66. The van der Waals surface area contributed by atoms with E-state index < -0.39 is 17.7 Å². The molecule has 8 heteroatoms. The van der Waals surface area contributed by atoms with Crippen molar-refractivity contribution in [2.75, 3.05) is 18.0 Å². The lowest BCUT2D eigenvalue weighted by atomic mass is 10.2. The minimum absolute atomic E-state index is 0.0649. The molecule has 0 aliphatic carbocycles. The molecule has 0 bridgehead atoms. The molecule has 0 spiro atoms. The lowest BCUT2D eigenvalue weighted by Gasteiger charge is -2.23. The Kier molecular flexibility index (Phi) is 5.92. The number of nitrogens with one attached hydrogen (secondary N) is 2. The van der Waals surface area contributed by atoms with Crippen LogP contribution < -0.4 is 15.5 Å². The number of anilines is 1. The third kappa shape index (κ3) is 4.51. The molecule has 2 heterocycles. The molecule has 2 atom stereocenters. The van der Waals surface area contributed by atoms with Gasteiger partial charge >= 0.3 is 6.09 Å². The van der Waals surface area contributed by atoms with Crippen LogP contribution in [0.2, 0.25) is 0 Å². The molecule has 2 amide bonds. The second-order valence-corrected chi connectivity index (χ2v) is 8.69. The van der Waals surface area contributed by atoms with Gasteiger partial charge in [0.05, 0.1) is 5.52 Å². The highest BCUT2D eigenvalue weighted by Crippen LogP contribution is 2.33. The SMILES string of the molecule is C[C@H](NC(=O)OC(C)(C)C)C(=O)N[C@H]1CCN(c2c(C#N)c3ccccc3n2C)C1. The van der Waals surface area contributed by atoms with Crippen molar-refractivity contribution in [2.45, 2.75) is 51.8 Å². The van der Waals surface area contributed by atoms with Gasteiger partial charge < -0.3 is 24.8 Å². The molecule has 1 aromatic carbocycles. The molecule has 2 aromatic rings. The highest BCUT2D eigenvalue weighted by atomic mass is 16.6. The van der Waals surface area contributed by atoms with Crippen molar-refractivity contribution in [3.05, 3.63) is 29.8 Å². The van der Waals surface area contributed by atoms with E-state index in [4.69, 9.17) is 4.74 Å². The van der Waals surface area contributed by atoms with Crippen LogP contribution in [0.5, 0.6) is 0 Å². The number of para-hydroxylation sites is 1. The largest absolute Gasteiger partial charge is 0.444 e. The molecular weight excluding hydrogens is 382 g/mol. The molecule has 1 saturated heterocycles. The Balaban J connectivity index is 1.65. The highest BCUT2D eigenvalue weighted by Gasteiger charge is 2.30. The number of nitrogens with zero attached hydrogens (tertiary/aromatic N) is 3. The molecule has 3 rings (SSSR count). The summed E-state index contributed by atoms with van der Waals surface area (Å²) in [5.41, 5.74) is 1.04. The minimum atomic E-state index is -0.707. The average Bonchev–Trinajstić information content (AvgIpc) is 3.22. The van der Waals surface area contributed by atoms with Crippen molar-refractivity contribution in [3.63, 3.8) is 0 Å². The molecular formula is C22H29N5O3. The second-order valence-electron chi connectivity index (χ2n) is 8.69. The topological polar surface area (TPSA) is 99.4 Å². The zero-order chi connectivity index (χ0) is 22.1. The third-order valence-corrected chi connectivity index (χ3v) is 5.15. The average molecular weight is 412 g/mol. The first kappa shape index (κ1) is 21.5. The van der Waals surface area contributed by atoms with Crippen molar-refractivity contribution in [2.24, 2.45) is 7.05 Å². The number of benzene rings is 1. The van der Waals surface area contributed by atoms with Gasteiger partial charge in [-0.25, -0.2) is 4.79 Å². The van der Waals surface area contributed by atoms with E-state index in [2.05, 4.69) is 21.6 Å². The van der Waals surface area contributed by atoms with Gasteiger partial charge in [-0.2, -0.15) is 5.26 Å². The molecule has 30 heavy (non-hydrogen) atoms. The molecule has 0 unspecified atom stereocenters. The maximum atomic E-state index is 12.5. The van der Waals surface area contributed by atoms with Gasteiger partial charge in [-0.1, -0.05) is 18.2 Å². The monoisotopic (exact) mass is 411 g/mol. The van der Waals surface area contributed by atoms with Crippen LogP contribution in [-0.2, 0) is 16.6 Å². The van der Waals surface area contributed by atoms with Crippen molar-refractivity contribution in [3.8, 4) is 6.07 Å². The smallest absolute Gasteiger partial charge is 0.408 e. The fourth-order valence-electron chi connectivity index (χ4n) is 3.81. The van der Waals surface area contributed by atoms with E-state index in [0.29, 0.717) is 12.1 Å². The van der Waals surface area contributed by atoms with Gasteiger partial charge in [-0.3, -0.25) is 4.79 Å². The van der Waals surface area contributed by atoms with Gasteiger partial charge in [0.2, 0.25) is 5.91 Å². The number of nitriles is 1. The lowest BCUT2D eigenvalue weighted by molar-refractivity contribution is -0.123. The van der Waals surface area contributed by atoms with Gasteiger partial charge in [-0.15, -0.1) is 0 Å². The number of alkyl carbamates (subject to hydrolysis) is 1. The summed E-state index contributed by atoms with van der Waals surface area (Å²) in [6.45, 7) is 8.28. The van der Waals surface area contributed by atoms with Gasteiger partial charge in [0.25, 0.3) is 0 Å². The molecule has 1 fully saturated rings. The van der Waals surface area contributed by atoms with Gasteiger partial charge in [0.1, 0.15) is 29.1 Å². The number of amides is 2. The Labute approximate surface area is 176 Å². The molecule has 160 valence electrons. The number of hydrogen-bond acceptors (Lipinski definition) is 5. The van der Waals surface area contributed by atoms with Crippen molar-refractivity contribution in [1.29, 1.82) is 5.26 Å². The summed E-state index contributed by atoms with van der Waals surface area (Å²) in [4.78, 5) is 26.5. The number of aromatic nitrogens is 1. The Hall–Kier alpha value is -3.21. The zero-order valence-corrected chi connectivity index (χ0v) is 18.2. The number of aryl methyl sites for hydroxylation is 1. The molecule has 8 nitrogen and oxygen atoms in total. The first-order valence-electron chi connectivity index (χ1n) is 10.1. The van der Waals surface area contributed by atoms with E-state index in [1.54, 1.807) is 27.7 Å². The lowest BCUT2D eigenvalue weighted by Crippen LogP contribution is -2.49. The quantitative estimate of drug-likeness (QED) is 0.806. The number of rotatable bonds is 4. The van der Waals surface area contributed by atoms with Gasteiger partial charge in [-0.05, 0) is 40.2 Å². The van der Waals surface area contributed by atoms with Crippen LogP contribution >= 0.6 is 0 Å². The summed E-state index contributed by atoms with van der Waals surface area (Å²) in [5, 5.41) is 16.2. The molecule has 0 radical (unpaired) electrons. The number of fused-ring (bicyclic) bond motifs is 1. The number of ether oxygens (including phenoxy) is 1. The number of carbonyl (C=O) groups is 2. The van der Waals surface area contributed by atoms with E-state index in [1.165, 1.54) is 0 Å². The predicted molar refractivity (Wildman–Crippen MR) is 115 cm³/mol. The molecule has 2 N–H and O–H groups in total. The van der Waals surface area contributed by atoms with Crippen LogP contribution in [0.1, 0.15) is 39.7 Å². The molecule has 1 aliphatic heterocycles. The Morgan fingerprint density at radius 3 is 2.67 bits per heavy atom. The summed E-state index contributed by atoms with van der Waals surface area (Å²) < 4.78 is 7.23. The van der Waals surface area contributed by atoms with E-state index in [-0.39, 0.29) is 11.9 Å². The normalized spacial score (nSPS) is 17.5. The van der Waals surface area contributed by atoms with Gasteiger partial charge in [0.15, 0.2) is 0 Å². The van der Waals surface area contributed by atoms with Crippen molar-refractivity contribution in [1.82, 2.24) is 15.2 Å². The van der Waals surface area contributed by atoms with Crippen LogP contribution in [0.4, 0.5) is 10.6 Å². The Morgan fingerprint density at radius 2 is 2.00 bits per heavy atom. The summed E-state index contributed by atoms with van der Waals surface area (Å²) in [6.07, 6.45) is 0.143. The summed E-state index contributed by atoms with van der Waals surface area (Å²) in [5.74, 6) is 0.612. The van der Waals surface area contributed by atoms with E-state index in [0.717, 1.165) is 29.7 Å². The zero-order valence-electron chi connectivity index (χ0n) is 18.2. The summed E-state index contributed by atoms with van der Waals surface area (Å²) in [6, 6.07) is 9.41. The Bertz CT molecular complexity index is 999. The molecule has 0 saturated carbocycles. The van der Waals surface area contributed by atoms with Crippen LogP contribution in [0.3, 0.4) is 0 Å². The maximum Gasteiger partial charge on any atom is 0.408 e. The molecule has 1 aliphatic rings. The van der Waals surface area contributed by atoms with Gasteiger partial charge in [0, 0.05) is 31.6 Å². The van der Waals surface area contributed by atoms with Crippen LogP contribution in [0, 0.1) is 11.3 Å². The van der Waals surface area contributed by atoms with Crippen LogP contribution in [0.25, 0.3) is 10.9 Å². The fourth-order valence-corrected chi connectivity index (χ4v) is 3.81. The van der Waals surface area contributed by atoms with Crippen LogP contribution in [-0.4, -0.2) is 47.3 Å². The first-order chi connectivity index (χ1) is 14.1. The second kappa shape index (κ2) is 8.27. The van der Waals surface area contributed by atoms with E-state index in [1.807, 2.05) is 35.9 Å². The Morgan fingerprint density at radius 1 is 1.30 bits per heavy atom. The fraction of sp³-hybridized carbons (Fsp3) is 0.500. The van der Waals surface area contributed by atoms with E-state index >= 15 is 0 Å². The van der Waals surface area contributed by atoms with Crippen LogP contribution in [0.15, 0.2) is 24.3 Å². The van der Waals surface area contributed by atoms with Crippen molar-refractivity contribution >= 4 is 28.7 Å². The molecule has 1 aromatic heterocycles. The van der Waals surface area contributed by atoms with E-state index in [9.17, 15) is 14.9 Å². The standard InChI is InChI=1S/C22H29N5O3/c1-14(24-21(29)30-22(2,3)4)19(28)25-15-10-11-27(13-15)20-17(12-23)16-8-6-7-9-18(16)26(20)5/h6-9,14-15H,10-11,13H2,1-5H3,(H,24,29)(H,25,28)/t14-,15-/m0/s1. The number of hydrogen-bond donors (Lipinski definition) is 2. The van der Waals surface area contributed by atoms with Crippen molar-refractivity contribution < 1.29 is 14.3 Å². The third-order valence-electron chi connectivity index (χ3n) is 5.15. The summed E-state index contributed by atoms with van der Waals surface area (Å²) >= 11 is 0. The highest BCUT2D eigenvalue weighted by molar-refractivity contribution is 5.93.